The van der Waals surface area contributed by atoms with Crippen LogP contribution < -0.4 is 11.1 Å². The number of nitrogens with one attached hydrogen (secondary N) is 1. The molecule has 0 radical (unpaired) electrons. The molecule has 0 amide bonds. The van der Waals surface area contributed by atoms with E-state index in [0.717, 1.165) is 0 Å². The van der Waals surface area contributed by atoms with Gasteiger partial charge in [0.1, 0.15) is 0 Å². The van der Waals surface area contributed by atoms with Crippen LogP contribution in [0.4, 0.5) is 0 Å². The van der Waals surface area contributed by atoms with Gasteiger partial charge in [-0.3, -0.25) is 0 Å². The van der Waals surface area contributed by atoms with E-state index in [9.17, 15) is 0 Å². The minimum Gasteiger partial charge on any atom is -0.370 e. The van der Waals surface area contributed by atoms with Crippen LogP contribution in [0.2, 0.25) is 0 Å². The highest BCUT2D eigenvalue weighted by molar-refractivity contribution is 7.10. The minimum atomic E-state index is 0.584. The first-order valence-corrected chi connectivity index (χ1v) is 5.73. The average Bonchev–Trinajstić information content (AvgIpc) is 2.86. The van der Waals surface area contributed by atoms with Gasteiger partial charge in [-0.2, -0.15) is 0 Å². The van der Waals surface area contributed by atoms with E-state index in [4.69, 9.17) is 5.73 Å². The maximum atomic E-state index is 5.72. The first kappa shape index (κ1) is 9.52. The van der Waals surface area contributed by atoms with Crippen molar-refractivity contribution in [3.8, 4) is 0 Å². The molecule has 3 N–H and O–H groups in total. The molecule has 0 saturated heterocycles. The lowest BCUT2D eigenvalue weighted by Crippen LogP contribution is -2.33. The fourth-order valence-corrected chi connectivity index (χ4v) is 2.03. The zero-order chi connectivity index (χ0) is 9.97. The van der Waals surface area contributed by atoms with Crippen molar-refractivity contribution in [1.82, 2.24) is 5.32 Å². The molecule has 0 atom stereocenters. The van der Waals surface area contributed by atoms with Crippen LogP contribution in [0.3, 0.4) is 0 Å². The summed E-state index contributed by atoms with van der Waals surface area (Å²) in [5, 5.41) is 5.26. The molecule has 0 aromatic carbocycles. The van der Waals surface area contributed by atoms with E-state index < -0.39 is 0 Å². The number of guanidine groups is 1. The molecule has 1 heterocycles. The van der Waals surface area contributed by atoms with Crippen molar-refractivity contribution < 1.29 is 0 Å². The summed E-state index contributed by atoms with van der Waals surface area (Å²) >= 11 is 1.74. The second-order valence-electron chi connectivity index (χ2n) is 3.65. The van der Waals surface area contributed by atoms with Gasteiger partial charge in [0, 0.05) is 10.9 Å². The maximum Gasteiger partial charge on any atom is 0.189 e. The molecule has 4 heteroatoms. The summed E-state index contributed by atoms with van der Waals surface area (Å²) in [6.45, 7) is 2.81. The van der Waals surface area contributed by atoms with Crippen molar-refractivity contribution in [1.29, 1.82) is 0 Å². The Morgan fingerprint density at radius 2 is 2.50 bits per heavy atom. The lowest BCUT2D eigenvalue weighted by Gasteiger charge is -2.02. The number of thiophene rings is 1. The Labute approximate surface area is 88.0 Å². The van der Waals surface area contributed by atoms with Crippen molar-refractivity contribution in [2.45, 2.75) is 32.4 Å². The van der Waals surface area contributed by atoms with Gasteiger partial charge in [-0.05, 0) is 36.8 Å². The second-order valence-corrected chi connectivity index (χ2v) is 4.65. The van der Waals surface area contributed by atoms with E-state index in [1.807, 2.05) is 0 Å². The van der Waals surface area contributed by atoms with Crippen LogP contribution in [0.25, 0.3) is 0 Å². The molecule has 1 aliphatic rings. The van der Waals surface area contributed by atoms with Gasteiger partial charge >= 0.3 is 0 Å². The number of hydrogen-bond acceptors (Lipinski definition) is 2. The number of nitrogens with zero attached hydrogens (tertiary/aromatic N) is 1. The predicted octanol–water partition coefficient (Wildman–Crippen LogP) is 1.62. The molecule has 2 rings (SSSR count). The van der Waals surface area contributed by atoms with Crippen LogP contribution in [0.5, 0.6) is 0 Å². The Hall–Kier alpha value is -1.03. The van der Waals surface area contributed by atoms with Crippen molar-refractivity contribution >= 4 is 17.3 Å². The fourth-order valence-electron chi connectivity index (χ4n) is 1.21. The molecule has 3 nitrogen and oxygen atoms in total. The summed E-state index contributed by atoms with van der Waals surface area (Å²) in [6.07, 6.45) is 2.46. The largest absolute Gasteiger partial charge is 0.370 e. The Balaban J connectivity index is 1.88. The Kier molecular flexibility index (Phi) is 2.72. The molecule has 1 aromatic rings. The van der Waals surface area contributed by atoms with Crippen molar-refractivity contribution in [3.05, 3.63) is 21.9 Å². The summed E-state index contributed by atoms with van der Waals surface area (Å²) in [7, 11) is 0. The summed E-state index contributed by atoms with van der Waals surface area (Å²) in [5.74, 6) is 0.584. The van der Waals surface area contributed by atoms with E-state index in [1.54, 1.807) is 11.3 Å². The molecule has 1 saturated carbocycles. The third kappa shape index (κ3) is 2.48. The van der Waals surface area contributed by atoms with Gasteiger partial charge < -0.3 is 11.1 Å². The van der Waals surface area contributed by atoms with Crippen molar-refractivity contribution in [2.24, 2.45) is 10.7 Å². The summed E-state index contributed by atoms with van der Waals surface area (Å²) in [6, 6.07) is 2.70. The molecule has 0 spiro atoms. The third-order valence-electron chi connectivity index (χ3n) is 2.29. The predicted molar refractivity (Wildman–Crippen MR) is 60.5 cm³/mol. The lowest BCUT2D eigenvalue weighted by molar-refractivity contribution is 0.880. The zero-order valence-electron chi connectivity index (χ0n) is 8.29. The van der Waals surface area contributed by atoms with E-state index in [-0.39, 0.29) is 0 Å². The summed E-state index contributed by atoms with van der Waals surface area (Å²) < 4.78 is 0. The smallest absolute Gasteiger partial charge is 0.189 e. The van der Waals surface area contributed by atoms with Gasteiger partial charge in [-0.1, -0.05) is 0 Å². The van der Waals surface area contributed by atoms with Crippen molar-refractivity contribution in [3.63, 3.8) is 0 Å². The maximum absolute atomic E-state index is 5.72. The van der Waals surface area contributed by atoms with Gasteiger partial charge in [-0.25, -0.2) is 4.99 Å². The fraction of sp³-hybridized carbons (Fsp3) is 0.500. The van der Waals surface area contributed by atoms with Crippen LogP contribution in [-0.2, 0) is 6.54 Å². The van der Waals surface area contributed by atoms with E-state index >= 15 is 0 Å². The SMILES string of the molecule is Cc1ccsc1CN=C(N)NC1CC1. The Morgan fingerprint density at radius 3 is 3.07 bits per heavy atom. The standard InChI is InChI=1S/C10H15N3S/c1-7-4-5-14-9(7)6-12-10(11)13-8-2-3-8/h4-5,8H,2-3,6H2,1H3,(H3,11,12,13). The van der Waals surface area contributed by atoms with E-state index in [2.05, 4.69) is 28.7 Å². The lowest BCUT2D eigenvalue weighted by atomic mass is 10.3. The van der Waals surface area contributed by atoms with Crippen LogP contribution in [0.15, 0.2) is 16.4 Å². The normalized spacial score (nSPS) is 17.1. The molecule has 1 aromatic heterocycles. The average molecular weight is 209 g/mol. The Morgan fingerprint density at radius 1 is 1.71 bits per heavy atom. The zero-order valence-corrected chi connectivity index (χ0v) is 9.10. The first-order valence-electron chi connectivity index (χ1n) is 4.85. The van der Waals surface area contributed by atoms with Crippen LogP contribution >= 0.6 is 11.3 Å². The van der Waals surface area contributed by atoms with Gasteiger partial charge in [0.15, 0.2) is 5.96 Å². The molecule has 0 bridgehead atoms. The van der Waals surface area contributed by atoms with Gasteiger partial charge in [0.05, 0.1) is 6.54 Å². The molecule has 1 fully saturated rings. The van der Waals surface area contributed by atoms with E-state index in [0.29, 0.717) is 18.5 Å². The Bertz CT molecular complexity index is 339. The van der Waals surface area contributed by atoms with E-state index in [1.165, 1.54) is 23.3 Å². The number of aryl methyl sites for hydroxylation is 1. The molecular formula is C10H15N3S. The number of hydrogen-bond donors (Lipinski definition) is 2. The van der Waals surface area contributed by atoms with Crippen LogP contribution in [0, 0.1) is 6.92 Å². The number of aliphatic imine (C=N–C) groups is 1. The highest BCUT2D eigenvalue weighted by Gasteiger charge is 2.21. The number of nitrogens with two attached hydrogens (primary N) is 1. The monoisotopic (exact) mass is 209 g/mol. The first-order chi connectivity index (χ1) is 6.75. The van der Waals surface area contributed by atoms with Crippen LogP contribution in [-0.4, -0.2) is 12.0 Å². The van der Waals surface area contributed by atoms with Gasteiger partial charge in [0.2, 0.25) is 0 Å². The van der Waals surface area contributed by atoms with Gasteiger partial charge in [-0.15, -0.1) is 11.3 Å². The third-order valence-corrected chi connectivity index (χ3v) is 3.30. The molecule has 76 valence electrons. The molecular weight excluding hydrogens is 194 g/mol. The topological polar surface area (TPSA) is 50.4 Å². The summed E-state index contributed by atoms with van der Waals surface area (Å²) in [5.41, 5.74) is 7.03. The molecule has 0 unspecified atom stereocenters. The molecule has 1 aliphatic carbocycles. The van der Waals surface area contributed by atoms with Crippen molar-refractivity contribution in [2.75, 3.05) is 0 Å². The summed E-state index contributed by atoms with van der Waals surface area (Å²) in [4.78, 5) is 5.60. The molecule has 14 heavy (non-hydrogen) atoms. The minimum absolute atomic E-state index is 0.584. The van der Waals surface area contributed by atoms with Gasteiger partial charge in [0.25, 0.3) is 0 Å². The number of rotatable bonds is 3. The van der Waals surface area contributed by atoms with Crippen LogP contribution in [0.1, 0.15) is 23.3 Å². The molecule has 0 aliphatic heterocycles. The highest BCUT2D eigenvalue weighted by atomic mass is 32.1. The highest BCUT2D eigenvalue weighted by Crippen LogP contribution is 2.19. The quantitative estimate of drug-likeness (QED) is 0.587. The second kappa shape index (κ2) is 4.00.